The van der Waals surface area contributed by atoms with Crippen molar-refractivity contribution in [3.63, 3.8) is 0 Å². The van der Waals surface area contributed by atoms with Crippen molar-refractivity contribution in [3.8, 4) is 16.9 Å². The predicted octanol–water partition coefficient (Wildman–Crippen LogP) is 4.32. The Morgan fingerprint density at radius 2 is 1.96 bits per heavy atom. The van der Waals surface area contributed by atoms with Crippen molar-refractivity contribution in [2.24, 2.45) is 0 Å². The van der Waals surface area contributed by atoms with Gasteiger partial charge >= 0.3 is 0 Å². The Labute approximate surface area is 144 Å². The highest BCUT2D eigenvalue weighted by atomic mass is 35.5. The number of anilines is 1. The van der Waals surface area contributed by atoms with Crippen LogP contribution >= 0.6 is 11.6 Å². The number of halogens is 1. The molecule has 6 heteroatoms. The summed E-state index contributed by atoms with van der Waals surface area (Å²) in [6.07, 6.45) is 0. The largest absolute Gasteiger partial charge is 0.482 e. The van der Waals surface area contributed by atoms with Gasteiger partial charge in [0.15, 0.2) is 12.4 Å². The van der Waals surface area contributed by atoms with E-state index in [1.54, 1.807) is 19.1 Å². The number of carbonyl (C=O) groups is 1. The fourth-order valence-electron chi connectivity index (χ4n) is 2.18. The molecule has 0 aliphatic carbocycles. The zero-order valence-electron chi connectivity index (χ0n) is 13.0. The highest BCUT2D eigenvalue weighted by Crippen LogP contribution is 2.30. The maximum absolute atomic E-state index is 11.8. The topological polar surface area (TPSA) is 64.4 Å². The van der Waals surface area contributed by atoms with Crippen LogP contribution in [-0.2, 0) is 4.79 Å². The number of hydrogen-bond acceptors (Lipinski definition) is 4. The molecule has 1 N–H and O–H groups in total. The fourth-order valence-corrected chi connectivity index (χ4v) is 2.41. The number of carbonyl (C=O) groups excluding carboxylic acids is 1. The number of benzene rings is 2. The van der Waals surface area contributed by atoms with Gasteiger partial charge in [-0.15, -0.1) is 0 Å². The van der Waals surface area contributed by atoms with Gasteiger partial charge < -0.3 is 14.6 Å². The molecule has 5 nitrogen and oxygen atoms in total. The van der Waals surface area contributed by atoms with Crippen LogP contribution in [0.5, 0.6) is 5.75 Å². The first-order chi connectivity index (χ1) is 11.6. The van der Waals surface area contributed by atoms with Gasteiger partial charge in [-0.2, -0.15) is 0 Å². The van der Waals surface area contributed by atoms with E-state index in [2.05, 4.69) is 10.5 Å². The van der Waals surface area contributed by atoms with Crippen molar-refractivity contribution in [2.75, 3.05) is 11.9 Å². The summed E-state index contributed by atoms with van der Waals surface area (Å²) < 4.78 is 10.3. The second-order valence-electron chi connectivity index (χ2n) is 5.17. The number of nitrogens with zero attached hydrogens (tertiary/aromatic N) is 1. The highest BCUT2D eigenvalue weighted by molar-refractivity contribution is 6.32. The van der Waals surface area contributed by atoms with Crippen LogP contribution in [0.4, 0.5) is 5.82 Å². The summed E-state index contributed by atoms with van der Waals surface area (Å²) in [7, 11) is 0. The summed E-state index contributed by atoms with van der Waals surface area (Å²) in [4.78, 5) is 11.8. The molecule has 0 saturated heterocycles. The van der Waals surface area contributed by atoms with Gasteiger partial charge in [0.25, 0.3) is 5.91 Å². The molecule has 3 rings (SSSR count). The molecule has 0 aliphatic heterocycles. The van der Waals surface area contributed by atoms with E-state index in [0.717, 1.165) is 11.1 Å². The van der Waals surface area contributed by atoms with Crippen LogP contribution in [0.1, 0.15) is 5.76 Å². The zero-order valence-corrected chi connectivity index (χ0v) is 13.7. The lowest BCUT2D eigenvalue weighted by molar-refractivity contribution is -0.118. The van der Waals surface area contributed by atoms with E-state index >= 15 is 0 Å². The molecular formula is C18H15ClN2O3. The molecule has 0 radical (unpaired) electrons. The normalized spacial score (nSPS) is 10.4. The van der Waals surface area contributed by atoms with Gasteiger partial charge in [-0.05, 0) is 30.2 Å². The van der Waals surface area contributed by atoms with Crippen LogP contribution < -0.4 is 10.1 Å². The molecule has 1 aromatic heterocycles. The van der Waals surface area contributed by atoms with Crippen LogP contribution in [-0.4, -0.2) is 17.7 Å². The molecule has 3 aromatic rings. The van der Waals surface area contributed by atoms with Gasteiger partial charge in [-0.1, -0.05) is 53.2 Å². The molecule has 122 valence electrons. The van der Waals surface area contributed by atoms with Crippen molar-refractivity contribution in [3.05, 3.63) is 65.4 Å². The highest BCUT2D eigenvalue weighted by Gasteiger charge is 2.09. The fraction of sp³-hybridized carbons (Fsp3) is 0.111. The van der Waals surface area contributed by atoms with Crippen LogP contribution in [0, 0.1) is 6.92 Å². The van der Waals surface area contributed by atoms with Crippen LogP contribution in [0.2, 0.25) is 5.02 Å². The average molecular weight is 343 g/mol. The van der Waals surface area contributed by atoms with E-state index in [0.29, 0.717) is 22.4 Å². The minimum Gasteiger partial charge on any atom is -0.482 e. The smallest absolute Gasteiger partial charge is 0.263 e. The van der Waals surface area contributed by atoms with Gasteiger partial charge in [0.05, 0.1) is 5.02 Å². The maximum atomic E-state index is 11.8. The molecule has 24 heavy (non-hydrogen) atoms. The number of ether oxygens (including phenoxy) is 1. The third-order valence-corrected chi connectivity index (χ3v) is 3.59. The minimum absolute atomic E-state index is 0.170. The van der Waals surface area contributed by atoms with Gasteiger partial charge in [0, 0.05) is 6.07 Å². The Bertz CT molecular complexity index is 846. The molecule has 0 fully saturated rings. The minimum atomic E-state index is -0.341. The Morgan fingerprint density at radius 1 is 1.17 bits per heavy atom. The van der Waals surface area contributed by atoms with Crippen LogP contribution in [0.25, 0.3) is 11.1 Å². The monoisotopic (exact) mass is 342 g/mol. The quantitative estimate of drug-likeness (QED) is 0.750. The maximum Gasteiger partial charge on any atom is 0.263 e. The average Bonchev–Trinajstić information content (AvgIpc) is 2.99. The molecule has 0 spiro atoms. The summed E-state index contributed by atoms with van der Waals surface area (Å²) in [5.41, 5.74) is 2.04. The van der Waals surface area contributed by atoms with E-state index in [4.69, 9.17) is 20.9 Å². The van der Waals surface area contributed by atoms with E-state index in [-0.39, 0.29) is 12.5 Å². The van der Waals surface area contributed by atoms with Gasteiger partial charge in [-0.3, -0.25) is 4.79 Å². The van der Waals surface area contributed by atoms with Crippen molar-refractivity contribution in [2.45, 2.75) is 6.92 Å². The lowest BCUT2D eigenvalue weighted by Gasteiger charge is -2.09. The molecule has 0 saturated carbocycles. The van der Waals surface area contributed by atoms with Crippen LogP contribution in [0.15, 0.2) is 59.1 Å². The number of amides is 1. The number of hydrogen-bond donors (Lipinski definition) is 1. The summed E-state index contributed by atoms with van der Waals surface area (Å²) in [5, 5.41) is 6.71. The second kappa shape index (κ2) is 7.19. The number of aryl methyl sites for hydroxylation is 1. The summed E-state index contributed by atoms with van der Waals surface area (Å²) >= 11 is 6.24. The van der Waals surface area contributed by atoms with E-state index in [1.165, 1.54) is 0 Å². The lowest BCUT2D eigenvalue weighted by Crippen LogP contribution is -2.20. The molecule has 1 amide bonds. The Balaban J connectivity index is 1.62. The van der Waals surface area contributed by atoms with Crippen molar-refractivity contribution in [1.29, 1.82) is 0 Å². The van der Waals surface area contributed by atoms with Gasteiger partial charge in [0.1, 0.15) is 11.5 Å². The van der Waals surface area contributed by atoms with Crippen molar-refractivity contribution >= 4 is 23.3 Å². The summed E-state index contributed by atoms with van der Waals surface area (Å²) in [6.45, 7) is 1.57. The molecule has 0 unspecified atom stereocenters. The Morgan fingerprint density at radius 3 is 2.62 bits per heavy atom. The van der Waals surface area contributed by atoms with Gasteiger partial charge in [0.2, 0.25) is 0 Å². The number of nitrogens with one attached hydrogen (secondary N) is 1. The standard InChI is InChI=1S/C18H15ClN2O3/c1-12-9-17(21-24-12)20-18(22)11-23-16-8-7-14(10-15(16)19)13-5-3-2-4-6-13/h2-10H,11H2,1H3,(H,20,21,22). The van der Waals surface area contributed by atoms with Crippen molar-refractivity contribution < 1.29 is 14.1 Å². The van der Waals surface area contributed by atoms with Crippen LogP contribution in [0.3, 0.4) is 0 Å². The lowest BCUT2D eigenvalue weighted by atomic mass is 10.1. The van der Waals surface area contributed by atoms with E-state index < -0.39 is 0 Å². The van der Waals surface area contributed by atoms with E-state index in [1.807, 2.05) is 42.5 Å². The third-order valence-electron chi connectivity index (χ3n) is 3.29. The molecule has 2 aromatic carbocycles. The number of rotatable bonds is 5. The van der Waals surface area contributed by atoms with E-state index in [9.17, 15) is 4.79 Å². The van der Waals surface area contributed by atoms with Crippen molar-refractivity contribution in [1.82, 2.24) is 5.16 Å². The first-order valence-electron chi connectivity index (χ1n) is 7.33. The molecule has 0 atom stereocenters. The molecule has 1 heterocycles. The summed E-state index contributed by atoms with van der Waals surface area (Å²) in [6, 6.07) is 17.0. The predicted molar refractivity (Wildman–Crippen MR) is 92.3 cm³/mol. The second-order valence-corrected chi connectivity index (χ2v) is 5.58. The first kappa shape index (κ1) is 16.1. The molecule has 0 aliphatic rings. The summed E-state index contributed by atoms with van der Waals surface area (Å²) in [5.74, 6) is 1.08. The third kappa shape index (κ3) is 3.94. The molecular weight excluding hydrogens is 328 g/mol. The first-order valence-corrected chi connectivity index (χ1v) is 7.70. The zero-order chi connectivity index (χ0) is 16.9. The van der Waals surface area contributed by atoms with Gasteiger partial charge in [-0.25, -0.2) is 0 Å². The Hall–Kier alpha value is -2.79. The number of aromatic nitrogens is 1. The Kier molecular flexibility index (Phi) is 4.82. The molecule has 0 bridgehead atoms. The SMILES string of the molecule is Cc1cc(NC(=O)COc2ccc(-c3ccccc3)cc2Cl)no1.